The average Bonchev–Trinajstić information content (AvgIpc) is 3.11. The number of hydrogen-bond acceptors (Lipinski definition) is 7. The summed E-state index contributed by atoms with van der Waals surface area (Å²) in [5.74, 6) is 0.574. The largest absolute Gasteiger partial charge is 0.475 e. The van der Waals surface area contributed by atoms with Crippen molar-refractivity contribution in [1.29, 1.82) is 0 Å². The van der Waals surface area contributed by atoms with Gasteiger partial charge in [0.2, 0.25) is 5.88 Å². The molecular weight excluding hydrogens is 314 g/mol. The van der Waals surface area contributed by atoms with E-state index in [0.717, 1.165) is 38.4 Å². The van der Waals surface area contributed by atoms with Crippen molar-refractivity contribution in [3.05, 3.63) is 34.4 Å². The third-order valence-corrected chi connectivity index (χ3v) is 4.33. The quantitative estimate of drug-likeness (QED) is 0.815. The van der Waals surface area contributed by atoms with Gasteiger partial charge < -0.3 is 9.64 Å². The number of carbonyl (C=O) groups excluding carboxylic acids is 1. The van der Waals surface area contributed by atoms with Crippen molar-refractivity contribution in [3.63, 3.8) is 0 Å². The molecule has 1 aliphatic heterocycles. The van der Waals surface area contributed by atoms with Gasteiger partial charge in [-0.1, -0.05) is 0 Å². The summed E-state index contributed by atoms with van der Waals surface area (Å²) in [5.41, 5.74) is 3.11. The van der Waals surface area contributed by atoms with Crippen molar-refractivity contribution >= 4 is 17.2 Å². The maximum absolute atomic E-state index is 12.2. The van der Waals surface area contributed by atoms with Crippen LogP contribution >= 0.6 is 11.3 Å². The molecular formula is C15H19N5O2S. The van der Waals surface area contributed by atoms with Crippen LogP contribution in [-0.2, 0) is 0 Å². The molecule has 3 rings (SSSR count). The van der Waals surface area contributed by atoms with Gasteiger partial charge in [0, 0.05) is 44.2 Å². The molecule has 1 saturated heterocycles. The molecule has 0 N–H and O–H groups in total. The highest BCUT2D eigenvalue weighted by molar-refractivity contribution is 7.07. The van der Waals surface area contributed by atoms with E-state index in [2.05, 4.69) is 20.1 Å². The minimum absolute atomic E-state index is 0.0251. The number of nitrogens with zero attached hydrogens (tertiary/aromatic N) is 5. The SMILES string of the molecule is Cc1ccc(OCCN2CCN(C(=O)c3cscn3)CC2)nn1. The highest BCUT2D eigenvalue weighted by atomic mass is 32.1. The van der Waals surface area contributed by atoms with E-state index in [1.165, 1.54) is 11.3 Å². The fraction of sp³-hybridized carbons (Fsp3) is 0.467. The summed E-state index contributed by atoms with van der Waals surface area (Å²) in [5, 5.41) is 9.73. The lowest BCUT2D eigenvalue weighted by Crippen LogP contribution is -2.49. The Balaban J connectivity index is 1.39. The molecule has 0 bridgehead atoms. The Labute approximate surface area is 138 Å². The van der Waals surface area contributed by atoms with E-state index in [4.69, 9.17) is 4.74 Å². The predicted octanol–water partition coefficient (Wildman–Crippen LogP) is 1.08. The molecule has 7 nitrogen and oxygen atoms in total. The van der Waals surface area contributed by atoms with Gasteiger partial charge in [-0.2, -0.15) is 5.10 Å². The molecule has 0 atom stereocenters. The summed E-state index contributed by atoms with van der Waals surface area (Å²) >= 11 is 1.45. The van der Waals surface area contributed by atoms with Crippen LogP contribution in [0, 0.1) is 6.92 Å². The number of piperazine rings is 1. The number of rotatable bonds is 5. The van der Waals surface area contributed by atoms with Crippen LogP contribution in [0.5, 0.6) is 5.88 Å². The lowest BCUT2D eigenvalue weighted by molar-refractivity contribution is 0.0614. The summed E-state index contributed by atoms with van der Waals surface area (Å²) in [6.07, 6.45) is 0. The van der Waals surface area contributed by atoms with Crippen LogP contribution in [0.3, 0.4) is 0 Å². The summed E-state index contributed by atoms with van der Waals surface area (Å²) in [4.78, 5) is 20.4. The number of aromatic nitrogens is 3. The topological polar surface area (TPSA) is 71.5 Å². The van der Waals surface area contributed by atoms with E-state index in [1.54, 1.807) is 10.9 Å². The van der Waals surface area contributed by atoms with E-state index >= 15 is 0 Å². The Morgan fingerprint density at radius 3 is 2.74 bits per heavy atom. The normalized spacial score (nSPS) is 15.6. The average molecular weight is 333 g/mol. The molecule has 122 valence electrons. The summed E-state index contributed by atoms with van der Waals surface area (Å²) in [6.45, 7) is 6.41. The molecule has 0 radical (unpaired) electrons. The zero-order valence-corrected chi connectivity index (χ0v) is 13.8. The first-order chi connectivity index (χ1) is 11.2. The molecule has 1 amide bonds. The fourth-order valence-electron chi connectivity index (χ4n) is 2.40. The van der Waals surface area contributed by atoms with Gasteiger partial charge in [-0.05, 0) is 13.0 Å². The first-order valence-corrected chi connectivity index (χ1v) is 8.49. The molecule has 8 heteroatoms. The Morgan fingerprint density at radius 1 is 1.26 bits per heavy atom. The number of hydrogen-bond donors (Lipinski definition) is 0. The summed E-state index contributed by atoms with van der Waals surface area (Å²) in [6, 6.07) is 3.71. The molecule has 0 spiro atoms. The first-order valence-electron chi connectivity index (χ1n) is 7.55. The van der Waals surface area contributed by atoms with E-state index in [1.807, 2.05) is 24.0 Å². The first kappa shape index (κ1) is 15.8. The second-order valence-corrected chi connectivity index (χ2v) is 6.09. The smallest absolute Gasteiger partial charge is 0.273 e. The maximum Gasteiger partial charge on any atom is 0.273 e. The van der Waals surface area contributed by atoms with Crippen LogP contribution < -0.4 is 4.74 Å². The van der Waals surface area contributed by atoms with E-state index < -0.39 is 0 Å². The molecule has 0 aromatic carbocycles. The summed E-state index contributed by atoms with van der Waals surface area (Å²) in [7, 11) is 0. The van der Waals surface area contributed by atoms with Crippen LogP contribution in [0.2, 0.25) is 0 Å². The van der Waals surface area contributed by atoms with Gasteiger partial charge in [0.1, 0.15) is 12.3 Å². The number of carbonyl (C=O) groups is 1. The van der Waals surface area contributed by atoms with Crippen molar-refractivity contribution in [2.24, 2.45) is 0 Å². The molecule has 2 aromatic rings. The lowest BCUT2D eigenvalue weighted by Gasteiger charge is -2.34. The van der Waals surface area contributed by atoms with Crippen molar-refractivity contribution in [3.8, 4) is 5.88 Å². The fourth-order valence-corrected chi connectivity index (χ4v) is 2.92. The Bertz CT molecular complexity index is 624. The molecule has 3 heterocycles. The standard InChI is InChI=1S/C15H19N5O2S/c1-12-2-3-14(18-17-12)22-9-8-19-4-6-20(7-5-19)15(21)13-10-23-11-16-13/h2-3,10-11H,4-9H2,1H3. The molecule has 0 saturated carbocycles. The van der Waals surface area contributed by atoms with E-state index in [9.17, 15) is 4.79 Å². The summed E-state index contributed by atoms with van der Waals surface area (Å²) < 4.78 is 5.59. The highest BCUT2D eigenvalue weighted by Gasteiger charge is 2.22. The zero-order valence-electron chi connectivity index (χ0n) is 13.0. The molecule has 1 aliphatic rings. The van der Waals surface area contributed by atoms with Crippen molar-refractivity contribution in [1.82, 2.24) is 25.0 Å². The molecule has 23 heavy (non-hydrogen) atoms. The van der Waals surface area contributed by atoms with Gasteiger partial charge in [0.25, 0.3) is 5.91 Å². The monoisotopic (exact) mass is 333 g/mol. The lowest BCUT2D eigenvalue weighted by atomic mass is 10.3. The molecule has 0 unspecified atom stereocenters. The van der Waals surface area contributed by atoms with Crippen LogP contribution in [0.1, 0.15) is 16.2 Å². The minimum Gasteiger partial charge on any atom is -0.475 e. The van der Waals surface area contributed by atoms with Crippen molar-refractivity contribution in [2.45, 2.75) is 6.92 Å². The van der Waals surface area contributed by atoms with Crippen LogP contribution in [0.4, 0.5) is 0 Å². The van der Waals surface area contributed by atoms with Crippen LogP contribution in [0.25, 0.3) is 0 Å². The van der Waals surface area contributed by atoms with Crippen molar-refractivity contribution < 1.29 is 9.53 Å². The maximum atomic E-state index is 12.2. The van der Waals surface area contributed by atoms with Crippen molar-refractivity contribution in [2.75, 3.05) is 39.3 Å². The Hall–Kier alpha value is -2.06. The van der Waals surface area contributed by atoms with Gasteiger partial charge in [0.15, 0.2) is 0 Å². The van der Waals surface area contributed by atoms with E-state index in [-0.39, 0.29) is 5.91 Å². The second kappa shape index (κ2) is 7.47. The second-order valence-electron chi connectivity index (χ2n) is 5.37. The zero-order chi connectivity index (χ0) is 16.1. The minimum atomic E-state index is 0.0251. The van der Waals surface area contributed by atoms with Gasteiger partial charge in [-0.3, -0.25) is 9.69 Å². The Morgan fingerprint density at radius 2 is 2.09 bits per heavy atom. The van der Waals surface area contributed by atoms with Gasteiger partial charge >= 0.3 is 0 Å². The number of aryl methyl sites for hydroxylation is 1. The Kier molecular flexibility index (Phi) is 5.14. The van der Waals surface area contributed by atoms with Gasteiger partial charge in [-0.15, -0.1) is 16.4 Å². The van der Waals surface area contributed by atoms with Gasteiger partial charge in [-0.25, -0.2) is 4.98 Å². The highest BCUT2D eigenvalue weighted by Crippen LogP contribution is 2.09. The van der Waals surface area contributed by atoms with Crippen LogP contribution in [-0.4, -0.2) is 70.2 Å². The molecule has 0 aliphatic carbocycles. The van der Waals surface area contributed by atoms with Gasteiger partial charge in [0.05, 0.1) is 11.2 Å². The number of ether oxygens (including phenoxy) is 1. The molecule has 1 fully saturated rings. The third-order valence-electron chi connectivity index (χ3n) is 3.74. The van der Waals surface area contributed by atoms with E-state index in [0.29, 0.717) is 18.2 Å². The number of thiazole rings is 1. The number of amides is 1. The predicted molar refractivity (Wildman–Crippen MR) is 86.7 cm³/mol. The third kappa shape index (κ3) is 4.23. The molecule has 2 aromatic heterocycles. The van der Waals surface area contributed by atoms with Crippen LogP contribution in [0.15, 0.2) is 23.0 Å².